The highest BCUT2D eigenvalue weighted by Gasteiger charge is 2.43. The Labute approximate surface area is 122 Å². The largest absolute Gasteiger partial charge is 0.296 e. The normalized spacial score (nSPS) is 13.6. The molecule has 0 bridgehead atoms. The third-order valence-electron chi connectivity index (χ3n) is 3.19. The minimum Gasteiger partial charge on any atom is -0.296 e. The van der Waals surface area contributed by atoms with Crippen LogP contribution in [0.25, 0.3) is 0 Å². The van der Waals surface area contributed by atoms with Gasteiger partial charge in [0, 0.05) is 11.3 Å². The third kappa shape index (κ3) is 3.00. The number of nitriles is 1. The first-order valence-corrected chi connectivity index (χ1v) is 7.87. The molecule has 0 aliphatic heterocycles. The maximum atomic E-state index is 13.0. The lowest BCUT2D eigenvalue weighted by Crippen LogP contribution is -2.42. The van der Waals surface area contributed by atoms with Crippen LogP contribution in [0.4, 0.5) is 4.39 Å². The first-order valence-electron chi connectivity index (χ1n) is 5.61. The van der Waals surface area contributed by atoms with Crippen molar-refractivity contribution < 1.29 is 17.6 Å². The van der Waals surface area contributed by atoms with E-state index in [2.05, 4.69) is 0 Å². The molecule has 0 spiro atoms. The molecule has 7 heteroatoms. The van der Waals surface area contributed by atoms with E-state index in [1.165, 1.54) is 19.9 Å². The quantitative estimate of drug-likeness (QED) is 0.855. The van der Waals surface area contributed by atoms with Gasteiger partial charge in [-0.05, 0) is 31.5 Å². The highest BCUT2D eigenvalue weighted by atomic mass is 35.5. The van der Waals surface area contributed by atoms with Crippen LogP contribution in [-0.2, 0) is 14.6 Å². The molecule has 1 rings (SSSR count). The second-order valence-corrected chi connectivity index (χ2v) is 7.85. The van der Waals surface area contributed by atoms with Crippen LogP contribution in [0.1, 0.15) is 25.3 Å². The van der Waals surface area contributed by atoms with E-state index in [4.69, 9.17) is 16.9 Å². The van der Waals surface area contributed by atoms with Gasteiger partial charge in [-0.2, -0.15) is 5.26 Å². The Morgan fingerprint density at radius 1 is 1.45 bits per heavy atom. The highest BCUT2D eigenvalue weighted by molar-refractivity contribution is 7.92. The highest BCUT2D eigenvalue weighted by Crippen LogP contribution is 2.31. The molecule has 1 aromatic rings. The smallest absolute Gasteiger partial charge is 0.175 e. The lowest BCUT2D eigenvalue weighted by molar-refractivity contribution is -0.121. The summed E-state index contributed by atoms with van der Waals surface area (Å²) in [7, 11) is -3.70. The number of hydrogen-bond acceptors (Lipinski definition) is 4. The Bertz CT molecular complexity index is 692. The van der Waals surface area contributed by atoms with Crippen LogP contribution in [-0.4, -0.2) is 25.2 Å². The van der Waals surface area contributed by atoms with Crippen molar-refractivity contribution in [2.24, 2.45) is 0 Å². The van der Waals surface area contributed by atoms with Crippen molar-refractivity contribution in [3.63, 3.8) is 0 Å². The molecule has 0 amide bonds. The zero-order chi connectivity index (χ0) is 15.7. The van der Waals surface area contributed by atoms with Crippen molar-refractivity contribution in [1.82, 2.24) is 0 Å². The standard InChI is InChI=1S/C13H13ClFNO3S/c1-13(2,20(3,18)19)12(17)10(7-16)9-5-4-8(15)6-11(9)14/h4-6,10H,1-3H3. The number of hydrogen-bond donors (Lipinski definition) is 0. The van der Waals surface area contributed by atoms with Gasteiger partial charge < -0.3 is 0 Å². The Balaban J connectivity index is 3.35. The van der Waals surface area contributed by atoms with Gasteiger partial charge in [-0.15, -0.1) is 0 Å². The molecule has 1 atom stereocenters. The molecule has 0 radical (unpaired) electrons. The number of carbonyl (C=O) groups excluding carboxylic acids is 1. The van der Waals surface area contributed by atoms with E-state index >= 15 is 0 Å². The molecular formula is C13H13ClFNO3S. The van der Waals surface area contributed by atoms with Gasteiger partial charge in [-0.3, -0.25) is 4.79 Å². The van der Waals surface area contributed by atoms with Crippen molar-refractivity contribution in [3.8, 4) is 6.07 Å². The summed E-state index contributed by atoms with van der Waals surface area (Å²) >= 11 is 5.82. The summed E-state index contributed by atoms with van der Waals surface area (Å²) in [6, 6.07) is 4.98. The van der Waals surface area contributed by atoms with Crippen molar-refractivity contribution in [1.29, 1.82) is 5.26 Å². The minimum atomic E-state index is -3.70. The molecule has 0 saturated carbocycles. The van der Waals surface area contributed by atoms with E-state index < -0.39 is 32.1 Å². The van der Waals surface area contributed by atoms with Crippen LogP contribution in [0.2, 0.25) is 5.02 Å². The number of sulfone groups is 1. The fourth-order valence-electron chi connectivity index (χ4n) is 1.54. The van der Waals surface area contributed by atoms with Gasteiger partial charge in [0.15, 0.2) is 15.6 Å². The number of rotatable bonds is 4. The lowest BCUT2D eigenvalue weighted by Gasteiger charge is -2.24. The van der Waals surface area contributed by atoms with Gasteiger partial charge in [0.2, 0.25) is 0 Å². The minimum absolute atomic E-state index is 0.0887. The molecule has 0 saturated heterocycles. The number of benzene rings is 1. The predicted molar refractivity (Wildman–Crippen MR) is 73.7 cm³/mol. The molecule has 0 aliphatic rings. The average molecular weight is 318 g/mol. The maximum absolute atomic E-state index is 13.0. The number of carbonyl (C=O) groups is 1. The molecule has 1 unspecified atom stereocenters. The number of ketones is 1. The predicted octanol–water partition coefficient (Wildman–Crippen LogP) is 2.48. The fraction of sp³-hybridized carbons (Fsp3) is 0.385. The molecule has 0 aromatic heterocycles. The Hall–Kier alpha value is -1.45. The van der Waals surface area contributed by atoms with Crippen LogP contribution in [0.15, 0.2) is 18.2 Å². The van der Waals surface area contributed by atoms with Gasteiger partial charge in [0.25, 0.3) is 0 Å². The van der Waals surface area contributed by atoms with Crippen LogP contribution in [0.5, 0.6) is 0 Å². The van der Waals surface area contributed by atoms with Crippen molar-refractivity contribution in [2.45, 2.75) is 24.5 Å². The van der Waals surface area contributed by atoms with E-state index in [1.807, 2.05) is 0 Å². The summed E-state index contributed by atoms with van der Waals surface area (Å²) in [5, 5.41) is 9.07. The summed E-state index contributed by atoms with van der Waals surface area (Å²) in [6.45, 7) is 2.46. The summed E-state index contributed by atoms with van der Waals surface area (Å²) < 4.78 is 34.6. The summed E-state index contributed by atoms with van der Waals surface area (Å²) in [6.07, 6.45) is 0.922. The molecule has 0 fully saturated rings. The van der Waals surface area contributed by atoms with Crippen LogP contribution >= 0.6 is 11.6 Å². The molecule has 20 heavy (non-hydrogen) atoms. The summed E-state index contributed by atoms with van der Waals surface area (Å²) in [5.74, 6) is -2.77. The number of halogens is 2. The van der Waals surface area contributed by atoms with E-state index in [0.717, 1.165) is 18.4 Å². The second-order valence-electron chi connectivity index (χ2n) is 4.87. The topological polar surface area (TPSA) is 75.0 Å². The van der Waals surface area contributed by atoms with Gasteiger partial charge in [0.1, 0.15) is 16.5 Å². The number of nitrogens with zero attached hydrogens (tertiary/aromatic N) is 1. The van der Waals surface area contributed by atoms with Crippen molar-refractivity contribution >= 4 is 27.2 Å². The lowest BCUT2D eigenvalue weighted by atomic mass is 9.89. The van der Waals surface area contributed by atoms with Crippen LogP contribution in [0, 0.1) is 17.1 Å². The summed E-state index contributed by atoms with van der Waals surface area (Å²) in [4.78, 5) is 12.3. The molecule has 0 N–H and O–H groups in total. The van der Waals surface area contributed by atoms with E-state index in [0.29, 0.717) is 0 Å². The second kappa shape index (κ2) is 5.51. The van der Waals surface area contributed by atoms with Gasteiger partial charge >= 0.3 is 0 Å². The van der Waals surface area contributed by atoms with E-state index in [-0.39, 0.29) is 10.6 Å². The molecular weight excluding hydrogens is 305 g/mol. The fourth-order valence-corrected chi connectivity index (χ4v) is 2.29. The van der Waals surface area contributed by atoms with E-state index in [9.17, 15) is 17.6 Å². The Morgan fingerprint density at radius 3 is 2.40 bits per heavy atom. The van der Waals surface area contributed by atoms with Crippen LogP contribution in [0.3, 0.4) is 0 Å². The molecule has 108 valence electrons. The van der Waals surface area contributed by atoms with Crippen molar-refractivity contribution in [3.05, 3.63) is 34.6 Å². The first-order chi connectivity index (χ1) is 9.02. The van der Waals surface area contributed by atoms with Crippen LogP contribution < -0.4 is 0 Å². The Kier molecular flexibility index (Phi) is 4.57. The van der Waals surface area contributed by atoms with E-state index in [1.54, 1.807) is 6.07 Å². The zero-order valence-corrected chi connectivity index (χ0v) is 12.7. The Morgan fingerprint density at radius 2 is 2.00 bits per heavy atom. The third-order valence-corrected chi connectivity index (χ3v) is 5.57. The first kappa shape index (κ1) is 16.6. The van der Waals surface area contributed by atoms with Gasteiger partial charge in [0.05, 0.1) is 6.07 Å². The molecule has 1 aromatic carbocycles. The van der Waals surface area contributed by atoms with Gasteiger partial charge in [-0.1, -0.05) is 17.7 Å². The monoisotopic (exact) mass is 317 g/mol. The SMILES string of the molecule is CC(C)(C(=O)C(C#N)c1ccc(F)cc1Cl)S(C)(=O)=O. The molecule has 0 aliphatic carbocycles. The zero-order valence-electron chi connectivity index (χ0n) is 11.1. The van der Waals surface area contributed by atoms with Gasteiger partial charge in [-0.25, -0.2) is 12.8 Å². The summed E-state index contributed by atoms with van der Waals surface area (Å²) in [5.41, 5.74) is 0.0947. The number of Topliss-reactive ketones (excluding diaryl/α,β-unsaturated/α-hetero) is 1. The molecule has 4 nitrogen and oxygen atoms in total. The maximum Gasteiger partial charge on any atom is 0.175 e. The average Bonchev–Trinajstić information content (AvgIpc) is 2.30. The van der Waals surface area contributed by atoms with Crippen molar-refractivity contribution in [2.75, 3.05) is 6.26 Å². The molecule has 0 heterocycles.